The number of aromatic nitrogens is 2. The van der Waals surface area contributed by atoms with Gasteiger partial charge in [0.2, 0.25) is 0 Å². The van der Waals surface area contributed by atoms with Crippen molar-refractivity contribution in [3.8, 4) is 0 Å². The molecule has 9 heteroatoms. The second-order valence-electron chi connectivity index (χ2n) is 7.92. The van der Waals surface area contributed by atoms with Crippen molar-refractivity contribution in [3.05, 3.63) is 17.5 Å². The molecule has 1 fully saturated rings. The molecule has 0 amide bonds. The zero-order valence-corrected chi connectivity index (χ0v) is 17.6. The van der Waals surface area contributed by atoms with Gasteiger partial charge in [0, 0.05) is 52.0 Å². The first-order valence-electron chi connectivity index (χ1n) is 9.90. The summed E-state index contributed by atoms with van der Waals surface area (Å²) >= 11 is 0. The lowest BCUT2D eigenvalue weighted by Crippen LogP contribution is -2.39. The average molecular weight is 403 g/mol. The maximum atomic E-state index is 12.6. The highest BCUT2D eigenvalue weighted by atomic mass is 19.4. The Morgan fingerprint density at radius 3 is 2.75 bits per heavy atom. The third-order valence-electron chi connectivity index (χ3n) is 4.86. The molecule has 0 aromatic carbocycles. The normalized spacial score (nSPS) is 18.9. The number of alkyl halides is 3. The first-order chi connectivity index (χ1) is 13.1. The van der Waals surface area contributed by atoms with Crippen molar-refractivity contribution in [2.75, 3.05) is 39.8 Å². The summed E-state index contributed by atoms with van der Waals surface area (Å²) in [6.07, 6.45) is -1.35. The zero-order chi connectivity index (χ0) is 20.9. The van der Waals surface area contributed by atoms with Crippen molar-refractivity contribution in [1.29, 1.82) is 0 Å². The molecule has 1 aromatic rings. The summed E-state index contributed by atoms with van der Waals surface area (Å²) < 4.78 is 39.5. The zero-order valence-electron chi connectivity index (χ0n) is 17.6. The van der Waals surface area contributed by atoms with E-state index in [2.05, 4.69) is 29.2 Å². The van der Waals surface area contributed by atoms with Gasteiger partial charge in [0.1, 0.15) is 0 Å². The quantitative estimate of drug-likeness (QED) is 0.563. The van der Waals surface area contributed by atoms with Crippen LogP contribution in [0.3, 0.4) is 0 Å². The van der Waals surface area contributed by atoms with Gasteiger partial charge >= 0.3 is 6.18 Å². The Morgan fingerprint density at radius 2 is 2.14 bits per heavy atom. The molecule has 1 aliphatic rings. The number of aryl methyl sites for hydroxylation is 1. The molecule has 0 spiro atoms. The minimum Gasteiger partial charge on any atom is -0.357 e. The molecule has 160 valence electrons. The molecule has 1 atom stereocenters. The third-order valence-corrected chi connectivity index (χ3v) is 4.86. The van der Waals surface area contributed by atoms with Gasteiger partial charge in [0.05, 0.1) is 12.2 Å². The molecule has 1 aromatic heterocycles. The van der Waals surface area contributed by atoms with Crippen LogP contribution in [0.15, 0.2) is 11.2 Å². The van der Waals surface area contributed by atoms with Gasteiger partial charge in [-0.2, -0.15) is 18.3 Å². The van der Waals surface area contributed by atoms with E-state index in [1.54, 1.807) is 0 Å². The fourth-order valence-corrected chi connectivity index (χ4v) is 3.64. The molecule has 0 bridgehead atoms. The minimum atomic E-state index is -4.13. The highest BCUT2D eigenvalue weighted by Crippen LogP contribution is 2.23. The number of likely N-dealkylation sites (tertiary alicyclic amines) is 1. The molecule has 1 N–H and O–H groups in total. The first kappa shape index (κ1) is 22.5. The number of halogens is 3. The Bertz CT molecular complexity index is 653. The predicted octanol–water partition coefficient (Wildman–Crippen LogP) is 2.83. The van der Waals surface area contributed by atoms with Crippen molar-refractivity contribution >= 4 is 5.96 Å². The van der Waals surface area contributed by atoms with Crippen molar-refractivity contribution in [2.45, 2.75) is 45.8 Å². The van der Waals surface area contributed by atoms with Crippen LogP contribution in [0.1, 0.15) is 44.4 Å². The number of rotatable bonds is 7. The van der Waals surface area contributed by atoms with Gasteiger partial charge in [0.25, 0.3) is 0 Å². The van der Waals surface area contributed by atoms with Gasteiger partial charge < -0.3 is 10.2 Å². The molecule has 0 radical (unpaired) electrons. The van der Waals surface area contributed by atoms with E-state index in [1.165, 1.54) is 4.90 Å². The Kier molecular flexibility index (Phi) is 7.74. The molecule has 1 saturated heterocycles. The van der Waals surface area contributed by atoms with Gasteiger partial charge in [-0.3, -0.25) is 14.6 Å². The molecule has 2 rings (SSSR count). The largest absolute Gasteiger partial charge is 0.401 e. The monoisotopic (exact) mass is 402 g/mol. The second kappa shape index (κ2) is 9.62. The molecule has 0 saturated carbocycles. The van der Waals surface area contributed by atoms with Gasteiger partial charge in [-0.1, -0.05) is 13.8 Å². The van der Waals surface area contributed by atoms with Gasteiger partial charge in [-0.15, -0.1) is 0 Å². The summed E-state index contributed by atoms with van der Waals surface area (Å²) in [6.45, 7) is 8.31. The lowest BCUT2D eigenvalue weighted by atomic mass is 10.1. The number of nitrogens with zero attached hydrogens (tertiary/aromatic N) is 5. The van der Waals surface area contributed by atoms with E-state index in [0.717, 1.165) is 30.2 Å². The smallest absolute Gasteiger partial charge is 0.357 e. The average Bonchev–Trinajstić information content (AvgIpc) is 3.16. The summed E-state index contributed by atoms with van der Waals surface area (Å²) in [5.74, 6) is 1.27. The molecule has 6 nitrogen and oxygen atoms in total. The van der Waals surface area contributed by atoms with Crippen LogP contribution in [0, 0.1) is 5.92 Å². The van der Waals surface area contributed by atoms with Crippen LogP contribution in [0.5, 0.6) is 0 Å². The van der Waals surface area contributed by atoms with Crippen molar-refractivity contribution in [1.82, 2.24) is 24.9 Å². The van der Waals surface area contributed by atoms with Crippen LogP contribution < -0.4 is 5.32 Å². The van der Waals surface area contributed by atoms with Crippen LogP contribution in [0.2, 0.25) is 0 Å². The fourth-order valence-electron chi connectivity index (χ4n) is 3.64. The van der Waals surface area contributed by atoms with Crippen molar-refractivity contribution < 1.29 is 13.2 Å². The molecule has 0 aliphatic carbocycles. The standard InChI is InChI=1S/C19H33F3N6/c1-6-23-18(24-9-15-7-8-28(10-15)13-19(20,21)22)26(4)11-16-12-27(5)25-17(16)14(2)3/h12,14-15H,6-11,13H2,1-5H3,(H,23,24). The highest BCUT2D eigenvalue weighted by molar-refractivity contribution is 5.79. The van der Waals surface area contributed by atoms with Gasteiger partial charge in [-0.05, 0) is 31.7 Å². The SMILES string of the molecule is CCNC(=NCC1CCN(CC(F)(F)F)C1)N(C)Cc1cn(C)nc1C(C)C. The Hall–Kier alpha value is -1.77. The van der Waals surface area contributed by atoms with E-state index >= 15 is 0 Å². The Morgan fingerprint density at radius 1 is 1.43 bits per heavy atom. The van der Waals surface area contributed by atoms with E-state index < -0.39 is 12.7 Å². The van der Waals surface area contributed by atoms with E-state index in [-0.39, 0.29) is 5.92 Å². The van der Waals surface area contributed by atoms with E-state index in [4.69, 9.17) is 4.99 Å². The van der Waals surface area contributed by atoms with Crippen LogP contribution in [-0.4, -0.2) is 71.5 Å². The van der Waals surface area contributed by atoms with Crippen molar-refractivity contribution in [2.24, 2.45) is 18.0 Å². The highest BCUT2D eigenvalue weighted by Gasteiger charge is 2.34. The molecular formula is C19H33F3N6. The minimum absolute atomic E-state index is 0.161. The Balaban J connectivity index is 1.98. The lowest BCUT2D eigenvalue weighted by molar-refractivity contribution is -0.143. The summed E-state index contributed by atoms with van der Waals surface area (Å²) in [6, 6.07) is 0. The second-order valence-corrected chi connectivity index (χ2v) is 7.92. The predicted molar refractivity (Wildman–Crippen MR) is 105 cm³/mol. The lowest BCUT2D eigenvalue weighted by Gasteiger charge is -2.23. The first-order valence-corrected chi connectivity index (χ1v) is 9.90. The maximum Gasteiger partial charge on any atom is 0.401 e. The summed E-state index contributed by atoms with van der Waals surface area (Å²) in [5.41, 5.74) is 2.23. The van der Waals surface area contributed by atoms with Crippen molar-refractivity contribution in [3.63, 3.8) is 0 Å². The summed E-state index contributed by atoms with van der Waals surface area (Å²) in [7, 11) is 3.89. The number of guanidine groups is 1. The fraction of sp³-hybridized carbons (Fsp3) is 0.789. The molecule has 1 aliphatic heterocycles. The van der Waals surface area contributed by atoms with E-state index in [9.17, 15) is 13.2 Å². The Labute approximate surface area is 165 Å². The van der Waals surface area contributed by atoms with Crippen LogP contribution in [0.4, 0.5) is 13.2 Å². The number of hydrogen-bond acceptors (Lipinski definition) is 3. The molecule has 2 heterocycles. The summed E-state index contributed by atoms with van der Waals surface area (Å²) in [5, 5.41) is 7.83. The van der Waals surface area contributed by atoms with E-state index in [1.807, 2.05) is 31.9 Å². The van der Waals surface area contributed by atoms with E-state index in [0.29, 0.717) is 32.1 Å². The van der Waals surface area contributed by atoms with Crippen LogP contribution in [0.25, 0.3) is 0 Å². The molecular weight excluding hydrogens is 369 g/mol. The number of nitrogens with one attached hydrogen (secondary N) is 1. The molecule has 28 heavy (non-hydrogen) atoms. The van der Waals surface area contributed by atoms with Gasteiger partial charge in [-0.25, -0.2) is 0 Å². The van der Waals surface area contributed by atoms with Gasteiger partial charge in [0.15, 0.2) is 5.96 Å². The third kappa shape index (κ3) is 6.68. The topological polar surface area (TPSA) is 48.7 Å². The number of hydrogen-bond donors (Lipinski definition) is 1. The summed E-state index contributed by atoms with van der Waals surface area (Å²) in [4.78, 5) is 8.22. The maximum absolute atomic E-state index is 12.6. The van der Waals surface area contributed by atoms with Crippen LogP contribution in [-0.2, 0) is 13.6 Å². The number of aliphatic imine (C=N–C) groups is 1. The molecule has 1 unspecified atom stereocenters. The van der Waals surface area contributed by atoms with Crippen LogP contribution >= 0.6 is 0 Å².